The number of hydrogen-bond donors (Lipinski definition) is 1. The molecule has 4 rings (SSSR count). The molecule has 0 aliphatic carbocycles. The largest absolute Gasteiger partial charge is 0.381 e. The van der Waals surface area contributed by atoms with Gasteiger partial charge in [-0.1, -0.05) is 54.6 Å². The number of fused-ring (bicyclic) bond motifs is 1. The van der Waals surface area contributed by atoms with Crippen molar-refractivity contribution in [2.75, 3.05) is 13.2 Å². The maximum absolute atomic E-state index is 15.1. The number of amides is 1. The van der Waals surface area contributed by atoms with Gasteiger partial charge in [0, 0.05) is 24.6 Å². The van der Waals surface area contributed by atoms with Crippen molar-refractivity contribution in [1.82, 2.24) is 5.32 Å². The van der Waals surface area contributed by atoms with Crippen LogP contribution in [0, 0.1) is 5.82 Å². The molecule has 27 heavy (non-hydrogen) atoms. The second kappa shape index (κ2) is 7.89. The highest BCUT2D eigenvalue weighted by atomic mass is 19.1. The third-order valence-corrected chi connectivity index (χ3v) is 5.10. The minimum atomic E-state index is -0.452. The molecular formula is C23H22FNO2. The molecule has 3 nitrogen and oxygen atoms in total. The molecule has 0 atom stereocenters. The summed E-state index contributed by atoms with van der Waals surface area (Å²) in [5, 5.41) is 4.31. The highest BCUT2D eigenvalue weighted by Gasteiger charge is 2.21. The molecule has 0 saturated carbocycles. The molecule has 0 aromatic heterocycles. The first-order chi connectivity index (χ1) is 13.2. The van der Waals surface area contributed by atoms with E-state index in [1.807, 2.05) is 42.5 Å². The normalized spacial score (nSPS) is 15.0. The molecule has 3 aromatic carbocycles. The van der Waals surface area contributed by atoms with Crippen LogP contribution >= 0.6 is 0 Å². The van der Waals surface area contributed by atoms with Gasteiger partial charge in [-0.15, -0.1) is 0 Å². The Hall–Kier alpha value is -2.72. The lowest BCUT2D eigenvalue weighted by Crippen LogP contribution is -2.39. The van der Waals surface area contributed by atoms with Gasteiger partial charge in [-0.25, -0.2) is 4.39 Å². The number of benzene rings is 3. The first-order valence-corrected chi connectivity index (χ1v) is 9.35. The molecule has 1 fully saturated rings. The molecule has 0 radical (unpaired) electrons. The van der Waals surface area contributed by atoms with Gasteiger partial charge >= 0.3 is 0 Å². The van der Waals surface area contributed by atoms with Crippen molar-refractivity contribution in [3.8, 4) is 0 Å². The molecule has 138 valence electrons. The molecular weight excluding hydrogens is 341 g/mol. The topological polar surface area (TPSA) is 38.3 Å². The van der Waals surface area contributed by atoms with Gasteiger partial charge in [0.25, 0.3) is 5.91 Å². The van der Waals surface area contributed by atoms with Crippen molar-refractivity contribution in [2.24, 2.45) is 0 Å². The summed E-state index contributed by atoms with van der Waals surface area (Å²) in [6.45, 7) is 1.26. The Balaban J connectivity index is 1.71. The van der Waals surface area contributed by atoms with Gasteiger partial charge in [0.15, 0.2) is 0 Å². The van der Waals surface area contributed by atoms with Crippen LogP contribution in [0.5, 0.6) is 0 Å². The molecule has 3 aromatic rings. The predicted octanol–water partition coefficient (Wildman–Crippen LogP) is 4.48. The summed E-state index contributed by atoms with van der Waals surface area (Å²) in [7, 11) is 0. The minimum Gasteiger partial charge on any atom is -0.381 e. The van der Waals surface area contributed by atoms with Gasteiger partial charge in [0.1, 0.15) is 5.82 Å². The molecule has 1 amide bonds. The van der Waals surface area contributed by atoms with E-state index in [4.69, 9.17) is 4.74 Å². The molecule has 1 saturated heterocycles. The summed E-state index contributed by atoms with van der Waals surface area (Å²) in [6.07, 6.45) is 2.18. The number of carbonyl (C=O) groups excluding carboxylic acids is 1. The first kappa shape index (κ1) is 17.7. The second-order valence-corrected chi connectivity index (χ2v) is 6.97. The Bertz CT molecular complexity index is 949. The lowest BCUT2D eigenvalue weighted by Gasteiger charge is -2.23. The first-order valence-electron chi connectivity index (χ1n) is 9.35. The van der Waals surface area contributed by atoms with Crippen molar-refractivity contribution in [3.05, 3.63) is 83.2 Å². The van der Waals surface area contributed by atoms with E-state index in [1.165, 1.54) is 0 Å². The summed E-state index contributed by atoms with van der Waals surface area (Å²) < 4.78 is 20.4. The van der Waals surface area contributed by atoms with Gasteiger partial charge in [-0.3, -0.25) is 4.79 Å². The summed E-state index contributed by atoms with van der Waals surface area (Å²) >= 11 is 0. The Morgan fingerprint density at radius 1 is 1.00 bits per heavy atom. The average molecular weight is 363 g/mol. The van der Waals surface area contributed by atoms with Crippen molar-refractivity contribution < 1.29 is 13.9 Å². The smallest absolute Gasteiger partial charge is 0.254 e. The third-order valence-electron chi connectivity index (χ3n) is 5.10. The monoisotopic (exact) mass is 363 g/mol. The Morgan fingerprint density at radius 3 is 2.41 bits per heavy atom. The number of rotatable bonds is 4. The summed E-state index contributed by atoms with van der Waals surface area (Å²) in [6, 6.07) is 19.1. The van der Waals surface area contributed by atoms with E-state index in [0.717, 1.165) is 29.4 Å². The predicted molar refractivity (Wildman–Crippen MR) is 104 cm³/mol. The fourth-order valence-electron chi connectivity index (χ4n) is 3.65. The van der Waals surface area contributed by atoms with Crippen LogP contribution in [0.3, 0.4) is 0 Å². The van der Waals surface area contributed by atoms with Crippen molar-refractivity contribution >= 4 is 16.7 Å². The highest BCUT2D eigenvalue weighted by molar-refractivity contribution is 6.00. The number of carbonyl (C=O) groups is 1. The van der Waals surface area contributed by atoms with Crippen LogP contribution in [0.2, 0.25) is 0 Å². The molecule has 1 N–H and O–H groups in total. The summed E-state index contributed by atoms with van der Waals surface area (Å²) in [5.74, 6) is -0.800. The van der Waals surface area contributed by atoms with Crippen molar-refractivity contribution in [1.29, 1.82) is 0 Å². The number of ether oxygens (including phenoxy) is 1. The van der Waals surface area contributed by atoms with Gasteiger partial charge < -0.3 is 10.1 Å². The van der Waals surface area contributed by atoms with Gasteiger partial charge in [0.05, 0.1) is 5.56 Å². The van der Waals surface area contributed by atoms with E-state index in [-0.39, 0.29) is 17.5 Å². The van der Waals surface area contributed by atoms with Gasteiger partial charge in [0.2, 0.25) is 0 Å². The fraction of sp³-hybridized carbons (Fsp3) is 0.261. The van der Waals surface area contributed by atoms with Crippen molar-refractivity contribution in [2.45, 2.75) is 25.3 Å². The standard InChI is InChI=1S/C23H22FNO2/c24-22-20-9-5-4-8-19(20)17(14-16-6-2-1-3-7-16)15-21(22)23(26)25-18-10-12-27-13-11-18/h1-9,15,18H,10-14H2,(H,25,26). The zero-order valence-electron chi connectivity index (χ0n) is 15.1. The zero-order chi connectivity index (χ0) is 18.6. The fourth-order valence-corrected chi connectivity index (χ4v) is 3.65. The lowest BCUT2D eigenvalue weighted by atomic mass is 9.95. The zero-order valence-corrected chi connectivity index (χ0v) is 15.1. The molecule has 0 unspecified atom stereocenters. The van der Waals surface area contributed by atoms with Gasteiger partial charge in [-0.05, 0) is 41.8 Å². The average Bonchev–Trinajstić information content (AvgIpc) is 2.71. The third kappa shape index (κ3) is 3.86. The van der Waals surface area contributed by atoms with Crippen molar-refractivity contribution in [3.63, 3.8) is 0 Å². The maximum atomic E-state index is 15.1. The highest BCUT2D eigenvalue weighted by Crippen LogP contribution is 2.27. The second-order valence-electron chi connectivity index (χ2n) is 6.97. The molecule has 1 aliphatic rings. The van der Waals surface area contributed by atoms with E-state index < -0.39 is 5.82 Å². The summed E-state index contributed by atoms with van der Waals surface area (Å²) in [5.41, 5.74) is 2.20. The minimum absolute atomic E-state index is 0.0368. The van der Waals surface area contributed by atoms with Gasteiger partial charge in [-0.2, -0.15) is 0 Å². The molecule has 1 aliphatic heterocycles. The molecule has 0 spiro atoms. The SMILES string of the molecule is O=C(NC1CCOCC1)c1cc(Cc2ccccc2)c2ccccc2c1F. The van der Waals surface area contributed by atoms with E-state index in [1.54, 1.807) is 18.2 Å². The molecule has 0 bridgehead atoms. The summed E-state index contributed by atoms with van der Waals surface area (Å²) in [4.78, 5) is 12.8. The van der Waals surface area contributed by atoms with Crippen LogP contribution in [0.25, 0.3) is 10.8 Å². The quantitative estimate of drug-likeness (QED) is 0.742. The maximum Gasteiger partial charge on any atom is 0.254 e. The molecule has 1 heterocycles. The van der Waals surface area contributed by atoms with E-state index in [2.05, 4.69) is 5.32 Å². The number of halogens is 1. The van der Waals surface area contributed by atoms with E-state index in [9.17, 15) is 4.79 Å². The van der Waals surface area contributed by atoms with Crippen LogP contribution in [0.15, 0.2) is 60.7 Å². The van der Waals surface area contributed by atoms with Crippen LogP contribution in [0.4, 0.5) is 4.39 Å². The van der Waals surface area contributed by atoms with Crippen LogP contribution in [-0.2, 0) is 11.2 Å². The Kier molecular flexibility index (Phi) is 5.16. The lowest BCUT2D eigenvalue weighted by molar-refractivity contribution is 0.0695. The Morgan fingerprint density at radius 2 is 1.67 bits per heavy atom. The van der Waals surface area contributed by atoms with E-state index >= 15 is 4.39 Å². The van der Waals surface area contributed by atoms with Crippen LogP contribution in [-0.4, -0.2) is 25.2 Å². The Labute approximate surface area is 158 Å². The van der Waals surface area contributed by atoms with Crippen LogP contribution in [0.1, 0.15) is 34.3 Å². The van der Waals surface area contributed by atoms with Crippen LogP contribution < -0.4 is 5.32 Å². The van der Waals surface area contributed by atoms with E-state index in [0.29, 0.717) is 25.0 Å². The number of nitrogens with one attached hydrogen (secondary N) is 1. The number of hydrogen-bond acceptors (Lipinski definition) is 2. The molecule has 4 heteroatoms.